The molecule has 0 aromatic carbocycles. The molecule has 2 atom stereocenters. The first-order valence-corrected chi connectivity index (χ1v) is 5.03. The van der Waals surface area contributed by atoms with E-state index in [0.717, 1.165) is 4.90 Å². The molecule has 0 aromatic rings. The monoisotopic (exact) mass is 222 g/mol. The number of likely N-dealkylation sites (N-methyl/N-ethyl adjacent to an activating group) is 2. The molecule has 2 fully saturated rings. The molecular formula is C10H14N4O2. The number of amides is 3. The maximum Gasteiger partial charge on any atom is 0.327 e. The Kier molecular flexibility index (Phi) is 2.58. The highest BCUT2D eigenvalue weighted by atomic mass is 16.2. The van der Waals surface area contributed by atoms with E-state index in [2.05, 4.69) is 11.2 Å². The highest BCUT2D eigenvalue weighted by molar-refractivity contribution is 6.00. The number of imide groups is 1. The highest BCUT2D eigenvalue weighted by Crippen LogP contribution is 2.21. The summed E-state index contributed by atoms with van der Waals surface area (Å²) in [6, 6.07) is -0.662. The normalized spacial score (nSPS) is 30.6. The third-order valence-corrected chi connectivity index (χ3v) is 3.08. The molecule has 16 heavy (non-hydrogen) atoms. The largest absolute Gasteiger partial charge is 0.327 e. The molecule has 3 amide bonds. The molecule has 0 bridgehead atoms. The van der Waals surface area contributed by atoms with Gasteiger partial charge in [-0.3, -0.25) is 19.9 Å². The van der Waals surface area contributed by atoms with Gasteiger partial charge in [-0.1, -0.05) is 5.92 Å². The number of urea groups is 1. The molecule has 2 saturated heterocycles. The van der Waals surface area contributed by atoms with Crippen LogP contribution < -0.4 is 5.32 Å². The third-order valence-electron chi connectivity index (χ3n) is 3.08. The van der Waals surface area contributed by atoms with E-state index < -0.39 is 0 Å². The minimum atomic E-state index is -0.372. The zero-order valence-corrected chi connectivity index (χ0v) is 9.30. The average molecular weight is 222 g/mol. The van der Waals surface area contributed by atoms with E-state index >= 15 is 0 Å². The number of nitrogens with one attached hydrogen (secondary N) is 1. The van der Waals surface area contributed by atoms with E-state index in [4.69, 9.17) is 6.42 Å². The van der Waals surface area contributed by atoms with Crippen LogP contribution >= 0.6 is 0 Å². The molecule has 0 spiro atoms. The van der Waals surface area contributed by atoms with Gasteiger partial charge in [0.05, 0.1) is 13.2 Å². The third kappa shape index (κ3) is 1.37. The van der Waals surface area contributed by atoms with Gasteiger partial charge in [-0.05, 0) is 0 Å². The smallest absolute Gasteiger partial charge is 0.310 e. The molecule has 2 unspecified atom stereocenters. The first kappa shape index (κ1) is 10.9. The highest BCUT2D eigenvalue weighted by Gasteiger charge is 2.49. The number of carbonyl (C=O) groups is 2. The van der Waals surface area contributed by atoms with Crippen molar-refractivity contribution in [1.82, 2.24) is 20.0 Å². The zero-order valence-electron chi connectivity index (χ0n) is 9.30. The van der Waals surface area contributed by atoms with Crippen LogP contribution in [0.2, 0.25) is 0 Å². The standard InChI is InChI=1S/C10H14N4O2/c1-4-5-14-6-11-8-7(14)9(15)13(3)10(16)12(8)2/h1,7-8,11H,5-6H2,2-3H3. The number of hydrogen-bond acceptors (Lipinski definition) is 4. The summed E-state index contributed by atoms with van der Waals surface area (Å²) in [5, 5.41) is 3.11. The maximum absolute atomic E-state index is 12.0. The number of hydrogen-bond donors (Lipinski definition) is 1. The second-order valence-electron chi connectivity index (χ2n) is 3.99. The van der Waals surface area contributed by atoms with Crippen molar-refractivity contribution in [3.63, 3.8) is 0 Å². The van der Waals surface area contributed by atoms with Crippen LogP contribution in [0.4, 0.5) is 4.79 Å². The summed E-state index contributed by atoms with van der Waals surface area (Å²) < 4.78 is 0. The van der Waals surface area contributed by atoms with Gasteiger partial charge >= 0.3 is 6.03 Å². The lowest BCUT2D eigenvalue weighted by atomic mass is 10.1. The summed E-state index contributed by atoms with van der Waals surface area (Å²) in [5.41, 5.74) is 0. The van der Waals surface area contributed by atoms with E-state index in [1.165, 1.54) is 11.9 Å². The molecule has 0 saturated carbocycles. The van der Waals surface area contributed by atoms with Gasteiger partial charge in [0.15, 0.2) is 0 Å². The van der Waals surface area contributed by atoms with Gasteiger partial charge in [0.1, 0.15) is 12.2 Å². The van der Waals surface area contributed by atoms with Crippen molar-refractivity contribution >= 4 is 11.9 Å². The van der Waals surface area contributed by atoms with E-state index in [9.17, 15) is 9.59 Å². The Balaban J connectivity index is 2.27. The fraction of sp³-hybridized carbons (Fsp3) is 0.600. The van der Waals surface area contributed by atoms with Gasteiger partial charge in [0.2, 0.25) is 0 Å². The summed E-state index contributed by atoms with van der Waals surface area (Å²) in [6.07, 6.45) is 4.97. The fourth-order valence-electron chi connectivity index (χ4n) is 2.18. The number of nitrogens with zero attached hydrogens (tertiary/aromatic N) is 3. The molecule has 0 aliphatic carbocycles. The quantitative estimate of drug-likeness (QED) is 0.560. The lowest BCUT2D eigenvalue weighted by Gasteiger charge is -2.39. The number of fused-ring (bicyclic) bond motifs is 1. The molecule has 1 N–H and O–H groups in total. The molecule has 2 heterocycles. The van der Waals surface area contributed by atoms with E-state index in [1.54, 1.807) is 7.05 Å². The van der Waals surface area contributed by atoms with Crippen molar-refractivity contribution in [2.45, 2.75) is 12.2 Å². The molecule has 2 aliphatic rings. The van der Waals surface area contributed by atoms with Gasteiger partial charge in [-0.25, -0.2) is 4.79 Å². The molecule has 6 nitrogen and oxygen atoms in total. The summed E-state index contributed by atoms with van der Waals surface area (Å²) >= 11 is 0. The topological polar surface area (TPSA) is 55.9 Å². The van der Waals surface area contributed by atoms with Crippen molar-refractivity contribution in [3.8, 4) is 12.3 Å². The Labute approximate surface area is 94.2 Å². The van der Waals surface area contributed by atoms with E-state index in [1.807, 2.05) is 4.90 Å². The Morgan fingerprint density at radius 2 is 2.19 bits per heavy atom. The van der Waals surface area contributed by atoms with Crippen molar-refractivity contribution in [2.24, 2.45) is 0 Å². The zero-order chi connectivity index (χ0) is 11.9. The second-order valence-corrected chi connectivity index (χ2v) is 3.99. The van der Waals surface area contributed by atoms with Gasteiger partial charge in [-0.2, -0.15) is 0 Å². The molecule has 6 heteroatoms. The van der Waals surface area contributed by atoms with Crippen LogP contribution in [0.5, 0.6) is 0 Å². The van der Waals surface area contributed by atoms with Crippen LogP contribution in [0.25, 0.3) is 0 Å². The van der Waals surface area contributed by atoms with Crippen molar-refractivity contribution in [3.05, 3.63) is 0 Å². The van der Waals surface area contributed by atoms with E-state index in [0.29, 0.717) is 13.2 Å². The average Bonchev–Trinajstić information content (AvgIpc) is 2.68. The number of carbonyl (C=O) groups excluding carboxylic acids is 2. The molecule has 0 radical (unpaired) electrons. The SMILES string of the molecule is C#CCN1CNC2C1C(=O)N(C)C(=O)N2C. The molecule has 86 valence electrons. The first-order valence-electron chi connectivity index (χ1n) is 5.03. The lowest BCUT2D eigenvalue weighted by Crippen LogP contribution is -2.65. The van der Waals surface area contributed by atoms with Gasteiger partial charge in [0, 0.05) is 14.1 Å². The Bertz CT molecular complexity index is 376. The predicted octanol–water partition coefficient (Wildman–Crippen LogP) is -1.30. The van der Waals surface area contributed by atoms with Crippen LogP contribution in [0, 0.1) is 12.3 Å². The molecule has 2 rings (SSSR count). The van der Waals surface area contributed by atoms with Crippen LogP contribution in [0.15, 0.2) is 0 Å². The summed E-state index contributed by atoms with van der Waals surface area (Å²) in [4.78, 5) is 28.2. The van der Waals surface area contributed by atoms with Crippen LogP contribution in [0.1, 0.15) is 0 Å². The summed E-state index contributed by atoms with van der Waals surface area (Å²) in [5.74, 6) is 2.32. The minimum Gasteiger partial charge on any atom is -0.310 e. The van der Waals surface area contributed by atoms with Crippen molar-refractivity contribution in [2.75, 3.05) is 27.3 Å². The summed E-state index contributed by atoms with van der Waals surface area (Å²) in [7, 11) is 3.17. The Morgan fingerprint density at radius 3 is 2.81 bits per heavy atom. The molecule has 0 aromatic heterocycles. The fourth-order valence-corrected chi connectivity index (χ4v) is 2.18. The maximum atomic E-state index is 12.0. The number of terminal acetylenes is 1. The lowest BCUT2D eigenvalue weighted by molar-refractivity contribution is -0.136. The Hall–Kier alpha value is -1.58. The summed E-state index contributed by atoms with van der Waals surface area (Å²) in [6.45, 7) is 0.923. The van der Waals surface area contributed by atoms with Gasteiger partial charge in [-0.15, -0.1) is 6.42 Å². The Morgan fingerprint density at radius 1 is 1.50 bits per heavy atom. The van der Waals surface area contributed by atoms with E-state index in [-0.39, 0.29) is 24.1 Å². The number of rotatable bonds is 1. The van der Waals surface area contributed by atoms with Crippen molar-refractivity contribution in [1.29, 1.82) is 0 Å². The predicted molar refractivity (Wildman–Crippen MR) is 57.0 cm³/mol. The second kappa shape index (κ2) is 3.77. The van der Waals surface area contributed by atoms with Gasteiger partial charge < -0.3 is 4.90 Å². The van der Waals surface area contributed by atoms with Gasteiger partial charge in [0.25, 0.3) is 5.91 Å². The van der Waals surface area contributed by atoms with Crippen LogP contribution in [0.3, 0.4) is 0 Å². The van der Waals surface area contributed by atoms with Crippen LogP contribution in [-0.4, -0.2) is 66.2 Å². The molecular weight excluding hydrogens is 208 g/mol. The first-order chi connectivity index (χ1) is 7.57. The minimum absolute atomic E-state index is 0.201. The van der Waals surface area contributed by atoms with Crippen LogP contribution in [-0.2, 0) is 4.79 Å². The van der Waals surface area contributed by atoms with Crippen molar-refractivity contribution < 1.29 is 9.59 Å². The molecule has 2 aliphatic heterocycles.